The predicted molar refractivity (Wildman–Crippen MR) is 226 cm³/mol. The summed E-state index contributed by atoms with van der Waals surface area (Å²) in [6.07, 6.45) is 3.39. The molecule has 1 aliphatic heterocycles. The van der Waals surface area contributed by atoms with Crippen LogP contribution in [0, 0.1) is 11.8 Å². The Morgan fingerprint density at radius 3 is 2.08 bits per heavy atom. The number of amides is 6. The highest BCUT2D eigenvalue weighted by Gasteiger charge is 2.34. The first-order valence-corrected chi connectivity index (χ1v) is 20.2. The van der Waals surface area contributed by atoms with Crippen LogP contribution < -0.4 is 36.9 Å². The molecule has 6 amide bonds. The van der Waals surface area contributed by atoms with Crippen LogP contribution in [0.25, 0.3) is 10.9 Å². The number of methoxy groups -OCH3 is 1. The van der Waals surface area contributed by atoms with Gasteiger partial charge >= 0.3 is 0 Å². The van der Waals surface area contributed by atoms with E-state index in [4.69, 9.17) is 4.74 Å². The summed E-state index contributed by atoms with van der Waals surface area (Å²) in [6, 6.07) is 11.8. The van der Waals surface area contributed by atoms with Gasteiger partial charge in [0, 0.05) is 61.8 Å². The maximum Gasteiger partial charge on any atom is 0.255 e. The molecule has 16 nitrogen and oxygen atoms in total. The van der Waals surface area contributed by atoms with Gasteiger partial charge in [0.2, 0.25) is 35.1 Å². The average Bonchev–Trinajstić information content (AvgIpc) is 3.62. The number of pyridine rings is 1. The van der Waals surface area contributed by atoms with Crippen molar-refractivity contribution >= 4 is 46.3 Å². The number of aromatic nitrogens is 2. The van der Waals surface area contributed by atoms with Gasteiger partial charge in [-0.25, -0.2) is 0 Å². The molecule has 1 fully saturated rings. The summed E-state index contributed by atoms with van der Waals surface area (Å²) in [6.45, 7) is 8.30. The topological polar surface area (TPSA) is 213 Å². The molecule has 60 heavy (non-hydrogen) atoms. The van der Waals surface area contributed by atoms with E-state index in [2.05, 4.69) is 31.6 Å². The van der Waals surface area contributed by atoms with Crippen LogP contribution in [0.5, 0.6) is 5.75 Å². The van der Waals surface area contributed by atoms with Gasteiger partial charge in [-0.05, 0) is 60.6 Å². The summed E-state index contributed by atoms with van der Waals surface area (Å²) < 4.78 is 6.53. The first-order chi connectivity index (χ1) is 28.5. The van der Waals surface area contributed by atoms with Crippen molar-refractivity contribution in [3.63, 3.8) is 0 Å². The summed E-state index contributed by atoms with van der Waals surface area (Å²) in [5.74, 6) is -3.47. The van der Waals surface area contributed by atoms with Gasteiger partial charge in [-0.1, -0.05) is 58.0 Å². The van der Waals surface area contributed by atoms with Crippen molar-refractivity contribution < 1.29 is 33.5 Å². The van der Waals surface area contributed by atoms with Crippen molar-refractivity contribution in [3.05, 3.63) is 100 Å². The number of hydrogen-bond acceptors (Lipinski definition) is 8. The molecule has 0 unspecified atom stereocenters. The number of rotatable bonds is 9. The van der Waals surface area contributed by atoms with Crippen LogP contribution in [-0.4, -0.2) is 100 Å². The molecule has 5 rings (SSSR count). The largest absolute Gasteiger partial charge is 0.497 e. The molecule has 2 aromatic carbocycles. The molecule has 2 aromatic heterocycles. The highest BCUT2D eigenvalue weighted by molar-refractivity contribution is 5.98. The molecule has 4 aromatic rings. The van der Waals surface area contributed by atoms with E-state index in [0.29, 0.717) is 11.3 Å². The molecule has 320 valence electrons. The number of fused-ring (bicyclic) bond motifs is 1. The minimum atomic E-state index is -1.22. The molecule has 6 N–H and O–H groups in total. The Balaban J connectivity index is 1.56. The second-order valence-corrected chi connectivity index (χ2v) is 16.1. The molecule has 0 spiro atoms. The standard InChI is InChI=1S/C44H56N8O8/c1-25(2)18-34-42(57)49-35(19-28-12-15-31(60-7)16-13-28)41(56)46-27(5)40(55)50-37(26(3)4)23-52(44(59)29-14-17-39(54)51(6)22-29)24-38(53)47-36(43(58)48-34)20-30-21-45-33-11-9-8-10-32(30)33/h8-17,21-22,25-27,34-37,45H,18-20,23-24H2,1-7H3,(H,46,56)(H,47,53)(H,48,58)(H,49,57)(H,50,55)/t27-,34+,35+,36-,37-/m1/s1. The average molecular weight is 825 g/mol. The number of para-hydroxylation sites is 1. The van der Waals surface area contributed by atoms with E-state index in [1.54, 1.807) is 30.5 Å². The summed E-state index contributed by atoms with van der Waals surface area (Å²) >= 11 is 0. The van der Waals surface area contributed by atoms with Crippen LogP contribution in [-0.2, 0) is 43.9 Å². The summed E-state index contributed by atoms with van der Waals surface area (Å²) in [7, 11) is 3.04. The lowest BCUT2D eigenvalue weighted by Crippen LogP contribution is -2.60. The number of aromatic amines is 1. The molecule has 1 saturated heterocycles. The maximum atomic E-state index is 14.4. The number of H-pyrrole nitrogens is 1. The Kier molecular flexibility index (Phi) is 14.9. The zero-order chi connectivity index (χ0) is 43.7. The maximum absolute atomic E-state index is 14.4. The van der Waals surface area contributed by atoms with Crippen molar-refractivity contribution in [2.75, 3.05) is 20.2 Å². The van der Waals surface area contributed by atoms with Crippen LogP contribution in [0.4, 0.5) is 0 Å². The highest BCUT2D eigenvalue weighted by Crippen LogP contribution is 2.20. The third-order valence-corrected chi connectivity index (χ3v) is 10.6. The first-order valence-electron chi connectivity index (χ1n) is 20.2. The SMILES string of the molecule is COc1ccc(C[C@@H]2NC(=O)[C@H](CC(C)C)NC(=O)[C@@H](Cc3c[nH]c4ccccc34)NC(=O)CN(C(=O)c3ccc(=O)n(C)c3)C[C@H](C(C)C)NC(=O)[C@@H](C)NC2=O)cc1. The lowest BCUT2D eigenvalue weighted by atomic mass is 9.99. The van der Waals surface area contributed by atoms with E-state index in [1.807, 2.05) is 52.0 Å². The first kappa shape index (κ1) is 44.6. The minimum absolute atomic E-state index is 0.0252. The second kappa shape index (κ2) is 20.0. The molecule has 0 bridgehead atoms. The van der Waals surface area contributed by atoms with Gasteiger partial charge < -0.3 is 45.8 Å². The number of benzene rings is 2. The molecular weight excluding hydrogens is 769 g/mol. The number of nitrogens with zero attached hydrogens (tertiary/aromatic N) is 2. The summed E-state index contributed by atoms with van der Waals surface area (Å²) in [4.78, 5) is 101. The summed E-state index contributed by atoms with van der Waals surface area (Å²) in [5.41, 5.74) is 2.03. The Labute approximate surface area is 349 Å². The molecule has 1 aliphatic rings. The number of aryl methyl sites for hydroxylation is 1. The molecule has 3 heterocycles. The van der Waals surface area contributed by atoms with Gasteiger partial charge in [-0.15, -0.1) is 0 Å². The molecule has 0 radical (unpaired) electrons. The van der Waals surface area contributed by atoms with Crippen molar-refractivity contribution in [3.8, 4) is 5.75 Å². The number of hydrogen-bond donors (Lipinski definition) is 6. The van der Waals surface area contributed by atoms with Crippen LogP contribution in [0.3, 0.4) is 0 Å². The van der Waals surface area contributed by atoms with Gasteiger partial charge in [0.05, 0.1) is 19.2 Å². The fourth-order valence-corrected chi connectivity index (χ4v) is 7.07. The van der Waals surface area contributed by atoms with Crippen molar-refractivity contribution in [1.29, 1.82) is 0 Å². The van der Waals surface area contributed by atoms with E-state index in [1.165, 1.54) is 48.9 Å². The zero-order valence-electron chi connectivity index (χ0n) is 35.2. The smallest absolute Gasteiger partial charge is 0.255 e. The van der Waals surface area contributed by atoms with E-state index in [9.17, 15) is 33.6 Å². The van der Waals surface area contributed by atoms with Crippen molar-refractivity contribution in [1.82, 2.24) is 41.0 Å². The lowest BCUT2D eigenvalue weighted by Gasteiger charge is -2.32. The third-order valence-electron chi connectivity index (χ3n) is 10.6. The predicted octanol–water partition coefficient (Wildman–Crippen LogP) is 1.96. The fraction of sp³-hybridized carbons (Fsp3) is 0.432. The molecule has 16 heteroatoms. The summed E-state index contributed by atoms with van der Waals surface area (Å²) in [5, 5.41) is 15.0. The molecule has 0 aliphatic carbocycles. The third kappa shape index (κ3) is 11.6. The Bertz CT molecular complexity index is 2250. The van der Waals surface area contributed by atoms with Gasteiger partial charge in [-0.2, -0.15) is 0 Å². The van der Waals surface area contributed by atoms with Crippen molar-refractivity contribution in [2.45, 2.75) is 84.1 Å². The highest BCUT2D eigenvalue weighted by atomic mass is 16.5. The number of ether oxygens (including phenoxy) is 1. The van der Waals surface area contributed by atoms with Crippen LogP contribution >= 0.6 is 0 Å². The quantitative estimate of drug-likeness (QED) is 0.147. The van der Waals surface area contributed by atoms with Gasteiger partial charge in [0.1, 0.15) is 29.9 Å². The van der Waals surface area contributed by atoms with E-state index in [-0.39, 0.29) is 48.8 Å². The van der Waals surface area contributed by atoms with Gasteiger partial charge in [0.25, 0.3) is 5.91 Å². The number of nitrogens with one attached hydrogen (secondary N) is 6. The molecule has 0 saturated carbocycles. The Hall–Kier alpha value is -6.45. The van der Waals surface area contributed by atoms with E-state index < -0.39 is 72.2 Å². The number of carbonyl (C=O) groups excluding carboxylic acids is 6. The van der Waals surface area contributed by atoms with Crippen molar-refractivity contribution in [2.24, 2.45) is 18.9 Å². The van der Waals surface area contributed by atoms with Crippen LogP contribution in [0.2, 0.25) is 0 Å². The van der Waals surface area contributed by atoms with Crippen LogP contribution in [0.15, 0.2) is 77.9 Å². The fourth-order valence-electron chi connectivity index (χ4n) is 7.07. The van der Waals surface area contributed by atoms with E-state index >= 15 is 0 Å². The van der Waals surface area contributed by atoms with E-state index in [0.717, 1.165) is 16.5 Å². The monoisotopic (exact) mass is 824 g/mol. The molecular formula is C44H56N8O8. The zero-order valence-corrected chi connectivity index (χ0v) is 35.2. The second-order valence-electron chi connectivity index (χ2n) is 16.1. The molecule has 5 atom stereocenters. The van der Waals surface area contributed by atoms with Gasteiger partial charge in [-0.3, -0.25) is 33.6 Å². The van der Waals surface area contributed by atoms with Gasteiger partial charge in [0.15, 0.2) is 0 Å². The lowest BCUT2D eigenvalue weighted by molar-refractivity contribution is -0.135. The Morgan fingerprint density at radius 1 is 0.767 bits per heavy atom. The normalized spacial score (nSPS) is 21.4. The minimum Gasteiger partial charge on any atom is -0.497 e. The number of carbonyl (C=O) groups is 6. The Morgan fingerprint density at radius 2 is 1.42 bits per heavy atom. The van der Waals surface area contributed by atoms with Crippen LogP contribution in [0.1, 0.15) is 62.5 Å².